The normalized spacial score (nSPS) is 15.9. The van der Waals surface area contributed by atoms with Gasteiger partial charge in [-0.1, -0.05) is 52.0 Å². The zero-order valence-electron chi connectivity index (χ0n) is 10.6. The van der Waals surface area contributed by atoms with Crippen molar-refractivity contribution in [2.24, 2.45) is 5.41 Å². The van der Waals surface area contributed by atoms with Crippen LogP contribution in [0.2, 0.25) is 0 Å². The van der Waals surface area contributed by atoms with Crippen molar-refractivity contribution in [3.05, 3.63) is 35.4 Å². The van der Waals surface area contributed by atoms with Gasteiger partial charge in [-0.2, -0.15) is 0 Å². The molecule has 0 saturated heterocycles. The quantitative estimate of drug-likeness (QED) is 0.824. The summed E-state index contributed by atoms with van der Waals surface area (Å²) in [7, 11) is 0. The first-order valence-electron chi connectivity index (χ1n) is 5.82. The Labute approximate surface area is 97.9 Å². The predicted molar refractivity (Wildman–Crippen MR) is 66.1 cm³/mol. The van der Waals surface area contributed by atoms with Gasteiger partial charge in [-0.25, -0.2) is 0 Å². The van der Waals surface area contributed by atoms with Crippen LogP contribution in [0.15, 0.2) is 24.3 Å². The summed E-state index contributed by atoms with van der Waals surface area (Å²) in [5, 5.41) is 19.7. The van der Waals surface area contributed by atoms with Crippen LogP contribution in [-0.2, 0) is 0 Å². The van der Waals surface area contributed by atoms with Crippen LogP contribution >= 0.6 is 0 Å². The van der Waals surface area contributed by atoms with E-state index in [4.69, 9.17) is 0 Å². The molecule has 0 radical (unpaired) electrons. The van der Waals surface area contributed by atoms with E-state index in [1.165, 1.54) is 0 Å². The highest BCUT2D eigenvalue weighted by molar-refractivity contribution is 5.26. The fourth-order valence-electron chi connectivity index (χ4n) is 1.64. The van der Waals surface area contributed by atoms with E-state index in [0.717, 1.165) is 11.1 Å². The summed E-state index contributed by atoms with van der Waals surface area (Å²) in [6.07, 6.45) is -0.164. The van der Waals surface area contributed by atoms with Crippen molar-refractivity contribution >= 4 is 0 Å². The Hall–Kier alpha value is -0.860. The SMILES string of the molecule is CCC(O)c1ccc(C(O)C(C)(C)C)cc1. The van der Waals surface area contributed by atoms with Crippen LogP contribution in [-0.4, -0.2) is 10.2 Å². The molecule has 16 heavy (non-hydrogen) atoms. The maximum atomic E-state index is 10.1. The molecule has 2 nitrogen and oxygen atoms in total. The minimum absolute atomic E-state index is 0.162. The average molecular weight is 222 g/mol. The minimum atomic E-state index is -0.472. The second-order valence-corrected chi connectivity index (χ2v) is 5.36. The topological polar surface area (TPSA) is 40.5 Å². The number of hydrogen-bond donors (Lipinski definition) is 2. The molecular formula is C14H22O2. The molecule has 0 aliphatic carbocycles. The molecule has 90 valence electrons. The summed E-state index contributed by atoms with van der Waals surface area (Å²) in [6.45, 7) is 7.97. The smallest absolute Gasteiger partial charge is 0.0838 e. The molecule has 1 aromatic rings. The van der Waals surface area contributed by atoms with Gasteiger partial charge in [0.05, 0.1) is 12.2 Å². The second kappa shape index (κ2) is 4.98. The Kier molecular flexibility index (Phi) is 4.11. The first-order valence-corrected chi connectivity index (χ1v) is 5.82. The van der Waals surface area contributed by atoms with Crippen molar-refractivity contribution in [2.45, 2.75) is 46.3 Å². The minimum Gasteiger partial charge on any atom is -0.388 e. The molecular weight excluding hydrogens is 200 g/mol. The summed E-state index contributed by atoms with van der Waals surface area (Å²) in [5.74, 6) is 0. The van der Waals surface area contributed by atoms with Gasteiger partial charge in [0.15, 0.2) is 0 Å². The molecule has 2 unspecified atom stereocenters. The summed E-state index contributed by atoms with van der Waals surface area (Å²) in [5.41, 5.74) is 1.65. The molecule has 0 aromatic heterocycles. The van der Waals surface area contributed by atoms with Crippen molar-refractivity contribution in [3.8, 4) is 0 Å². The lowest BCUT2D eigenvalue weighted by Gasteiger charge is -2.26. The van der Waals surface area contributed by atoms with Crippen LogP contribution in [0.3, 0.4) is 0 Å². The third kappa shape index (κ3) is 3.06. The Morgan fingerprint density at radius 2 is 1.44 bits per heavy atom. The first-order chi connectivity index (χ1) is 7.36. The van der Waals surface area contributed by atoms with Gasteiger partial charge in [0.2, 0.25) is 0 Å². The molecule has 0 aliphatic rings. The zero-order chi connectivity index (χ0) is 12.3. The van der Waals surface area contributed by atoms with Gasteiger partial charge >= 0.3 is 0 Å². The Balaban J connectivity index is 2.87. The molecule has 0 aliphatic heterocycles. The fourth-order valence-corrected chi connectivity index (χ4v) is 1.64. The average Bonchev–Trinajstić information content (AvgIpc) is 2.26. The van der Waals surface area contributed by atoms with Crippen molar-refractivity contribution in [3.63, 3.8) is 0 Å². The highest BCUT2D eigenvalue weighted by Crippen LogP contribution is 2.32. The van der Waals surface area contributed by atoms with Gasteiger partial charge < -0.3 is 10.2 Å². The molecule has 0 fully saturated rings. The summed E-state index contributed by atoms with van der Waals surface area (Å²) >= 11 is 0. The van der Waals surface area contributed by atoms with Gasteiger partial charge in [-0.05, 0) is 23.0 Å². The predicted octanol–water partition coefficient (Wildman–Crippen LogP) is 3.21. The van der Waals surface area contributed by atoms with Gasteiger partial charge in [0.1, 0.15) is 0 Å². The Bertz CT molecular complexity index is 322. The summed E-state index contributed by atoms with van der Waals surface area (Å²) in [6, 6.07) is 7.56. The van der Waals surface area contributed by atoms with Crippen molar-refractivity contribution in [2.75, 3.05) is 0 Å². The first kappa shape index (κ1) is 13.2. The largest absolute Gasteiger partial charge is 0.388 e. The lowest BCUT2D eigenvalue weighted by Crippen LogP contribution is -2.17. The van der Waals surface area contributed by atoms with E-state index in [1.807, 2.05) is 52.0 Å². The van der Waals surface area contributed by atoms with Crippen LogP contribution in [0.25, 0.3) is 0 Å². The monoisotopic (exact) mass is 222 g/mol. The van der Waals surface area contributed by atoms with E-state index < -0.39 is 12.2 Å². The lowest BCUT2D eigenvalue weighted by molar-refractivity contribution is 0.0626. The molecule has 0 bridgehead atoms. The van der Waals surface area contributed by atoms with Crippen LogP contribution < -0.4 is 0 Å². The van der Waals surface area contributed by atoms with Gasteiger partial charge in [-0.3, -0.25) is 0 Å². The van der Waals surface area contributed by atoms with Crippen LogP contribution in [0.1, 0.15) is 57.5 Å². The third-order valence-electron chi connectivity index (χ3n) is 2.84. The molecule has 1 aromatic carbocycles. The number of rotatable bonds is 3. The highest BCUT2D eigenvalue weighted by atomic mass is 16.3. The van der Waals surface area contributed by atoms with Crippen molar-refractivity contribution in [1.29, 1.82) is 0 Å². The van der Waals surface area contributed by atoms with E-state index in [2.05, 4.69) is 0 Å². The maximum absolute atomic E-state index is 10.1. The van der Waals surface area contributed by atoms with Crippen LogP contribution in [0.4, 0.5) is 0 Å². The van der Waals surface area contributed by atoms with E-state index in [-0.39, 0.29) is 5.41 Å². The Morgan fingerprint density at radius 3 is 1.81 bits per heavy atom. The fraction of sp³-hybridized carbons (Fsp3) is 0.571. The van der Waals surface area contributed by atoms with Crippen molar-refractivity contribution in [1.82, 2.24) is 0 Å². The van der Waals surface area contributed by atoms with E-state index in [0.29, 0.717) is 6.42 Å². The third-order valence-corrected chi connectivity index (χ3v) is 2.84. The number of aliphatic hydroxyl groups excluding tert-OH is 2. The molecule has 0 spiro atoms. The van der Waals surface area contributed by atoms with Crippen LogP contribution in [0, 0.1) is 5.41 Å². The number of hydrogen-bond acceptors (Lipinski definition) is 2. The molecule has 2 N–H and O–H groups in total. The van der Waals surface area contributed by atoms with E-state index in [9.17, 15) is 10.2 Å². The highest BCUT2D eigenvalue weighted by Gasteiger charge is 2.23. The maximum Gasteiger partial charge on any atom is 0.0838 e. The van der Waals surface area contributed by atoms with Gasteiger partial charge in [-0.15, -0.1) is 0 Å². The molecule has 0 heterocycles. The number of benzene rings is 1. The molecule has 2 heteroatoms. The standard InChI is InChI=1S/C14H22O2/c1-5-12(15)10-6-8-11(9-7-10)13(16)14(2,3)4/h6-9,12-13,15-16H,5H2,1-4H3. The van der Waals surface area contributed by atoms with Crippen LogP contribution in [0.5, 0.6) is 0 Å². The lowest BCUT2D eigenvalue weighted by atomic mass is 9.84. The summed E-state index contributed by atoms with van der Waals surface area (Å²) in [4.78, 5) is 0. The van der Waals surface area contributed by atoms with E-state index in [1.54, 1.807) is 0 Å². The number of aliphatic hydroxyl groups is 2. The summed E-state index contributed by atoms with van der Waals surface area (Å²) < 4.78 is 0. The molecule has 0 amide bonds. The van der Waals surface area contributed by atoms with Gasteiger partial charge in [0, 0.05) is 0 Å². The zero-order valence-corrected chi connectivity index (χ0v) is 10.6. The van der Waals surface area contributed by atoms with E-state index >= 15 is 0 Å². The van der Waals surface area contributed by atoms with Crippen molar-refractivity contribution < 1.29 is 10.2 Å². The van der Waals surface area contributed by atoms with Gasteiger partial charge in [0.25, 0.3) is 0 Å². The second-order valence-electron chi connectivity index (χ2n) is 5.36. The Morgan fingerprint density at radius 1 is 1.00 bits per heavy atom. The molecule has 2 atom stereocenters. The molecule has 0 saturated carbocycles. The molecule has 1 rings (SSSR count).